The fourth-order valence-electron chi connectivity index (χ4n) is 5.11. The average Bonchev–Trinajstić information content (AvgIpc) is 2.40. The number of halogens is 5. The summed E-state index contributed by atoms with van der Waals surface area (Å²) < 4.78 is 56.8. The van der Waals surface area contributed by atoms with Crippen molar-refractivity contribution in [3.05, 3.63) is 0 Å². The fourth-order valence-corrected chi connectivity index (χ4v) is 5.31. The van der Waals surface area contributed by atoms with Gasteiger partial charge in [-0.15, -0.1) is 0 Å². The number of esters is 1. The molecule has 7 heteroatoms. The van der Waals surface area contributed by atoms with Crippen LogP contribution in [0.1, 0.15) is 51.4 Å². The van der Waals surface area contributed by atoms with Crippen molar-refractivity contribution in [2.45, 2.75) is 62.1 Å². The second kappa shape index (κ2) is 5.88. The van der Waals surface area contributed by atoms with Crippen LogP contribution in [0.25, 0.3) is 0 Å². The summed E-state index contributed by atoms with van der Waals surface area (Å²) in [6.45, 7) is -0.223. The molecule has 23 heavy (non-hydrogen) atoms. The molecule has 0 saturated heterocycles. The first kappa shape index (κ1) is 17.5. The number of ether oxygens (including phenoxy) is 1. The Morgan fingerprint density at radius 3 is 1.96 bits per heavy atom. The quantitative estimate of drug-likeness (QED) is 0.266. The molecule has 0 aromatic carbocycles. The Hall–Kier alpha value is -0.330. The molecule has 0 aromatic heterocycles. The van der Waals surface area contributed by atoms with Crippen LogP contribution in [-0.4, -0.2) is 23.3 Å². The van der Waals surface area contributed by atoms with E-state index in [0.29, 0.717) is 17.8 Å². The standard InChI is InChI=1S/C16H21BrF4O2/c17-16(20,21)15(18,19)2-1-3-23-13(22)14-7-10-4-11(8-14)6-12(5-10)9-14/h10-12H,1-9H2. The highest BCUT2D eigenvalue weighted by molar-refractivity contribution is 9.10. The molecule has 0 heterocycles. The molecule has 0 N–H and O–H groups in total. The average molecular weight is 401 g/mol. The molecule has 4 saturated carbocycles. The zero-order valence-electron chi connectivity index (χ0n) is 12.8. The Morgan fingerprint density at radius 1 is 1.04 bits per heavy atom. The molecule has 0 atom stereocenters. The molecule has 4 rings (SSSR count). The minimum absolute atomic E-state index is 0.223. The molecule has 0 amide bonds. The molecule has 2 nitrogen and oxygen atoms in total. The molecular formula is C16H21BrF4O2. The number of alkyl halides is 5. The largest absolute Gasteiger partial charge is 0.465 e. The first-order chi connectivity index (χ1) is 10.6. The summed E-state index contributed by atoms with van der Waals surface area (Å²) in [4.78, 5) is 8.22. The first-order valence-electron chi connectivity index (χ1n) is 8.23. The Balaban J connectivity index is 1.49. The third-order valence-electron chi connectivity index (χ3n) is 5.75. The number of hydrogen-bond acceptors (Lipinski definition) is 2. The second-order valence-corrected chi connectivity index (χ2v) is 8.64. The zero-order valence-corrected chi connectivity index (χ0v) is 14.4. The smallest absolute Gasteiger partial charge is 0.363 e. The lowest BCUT2D eigenvalue weighted by Crippen LogP contribution is -2.50. The summed E-state index contributed by atoms with van der Waals surface area (Å²) in [7, 11) is 0. The van der Waals surface area contributed by atoms with Gasteiger partial charge in [-0.3, -0.25) is 4.79 Å². The summed E-state index contributed by atoms with van der Waals surface area (Å²) >= 11 is 1.70. The van der Waals surface area contributed by atoms with Crippen LogP contribution in [0.5, 0.6) is 0 Å². The van der Waals surface area contributed by atoms with Crippen molar-refractivity contribution in [3.63, 3.8) is 0 Å². The molecule has 0 spiro atoms. The normalized spacial score (nSPS) is 36.3. The van der Waals surface area contributed by atoms with Gasteiger partial charge in [-0.25, -0.2) is 0 Å². The van der Waals surface area contributed by atoms with Gasteiger partial charge in [-0.05, 0) is 78.6 Å². The van der Waals surface area contributed by atoms with E-state index < -0.39 is 22.6 Å². The number of carbonyl (C=O) groups excluding carboxylic acids is 1. The van der Waals surface area contributed by atoms with E-state index in [2.05, 4.69) is 0 Å². The molecule has 4 aliphatic rings. The lowest BCUT2D eigenvalue weighted by molar-refractivity contribution is -0.174. The van der Waals surface area contributed by atoms with Crippen molar-refractivity contribution >= 4 is 21.9 Å². The molecular weight excluding hydrogens is 380 g/mol. The topological polar surface area (TPSA) is 26.3 Å². The van der Waals surface area contributed by atoms with Crippen molar-refractivity contribution in [2.24, 2.45) is 23.2 Å². The molecule has 0 aliphatic heterocycles. The molecule has 4 aliphatic carbocycles. The van der Waals surface area contributed by atoms with Crippen molar-refractivity contribution in [1.29, 1.82) is 0 Å². The highest BCUT2D eigenvalue weighted by atomic mass is 79.9. The van der Waals surface area contributed by atoms with Crippen LogP contribution < -0.4 is 0 Å². The molecule has 4 bridgehead atoms. The maximum atomic E-state index is 13.1. The van der Waals surface area contributed by atoms with E-state index >= 15 is 0 Å². The third-order valence-corrected chi connectivity index (χ3v) is 6.33. The highest BCUT2D eigenvalue weighted by Gasteiger charge is 2.56. The van der Waals surface area contributed by atoms with Gasteiger partial charge in [0.05, 0.1) is 12.0 Å². The summed E-state index contributed by atoms with van der Waals surface area (Å²) in [6.07, 6.45) is 4.82. The van der Waals surface area contributed by atoms with Gasteiger partial charge in [0.2, 0.25) is 0 Å². The minimum atomic E-state index is -4.23. The van der Waals surface area contributed by atoms with Crippen LogP contribution in [-0.2, 0) is 9.53 Å². The third kappa shape index (κ3) is 3.40. The van der Waals surface area contributed by atoms with E-state index in [-0.39, 0.29) is 19.0 Å². The zero-order chi connectivity index (χ0) is 16.9. The molecule has 0 aromatic rings. The highest BCUT2D eigenvalue weighted by Crippen LogP contribution is 2.60. The van der Waals surface area contributed by atoms with Crippen LogP contribution in [0.2, 0.25) is 0 Å². The van der Waals surface area contributed by atoms with Crippen LogP contribution in [0.3, 0.4) is 0 Å². The van der Waals surface area contributed by atoms with Crippen LogP contribution in [0.4, 0.5) is 17.6 Å². The van der Waals surface area contributed by atoms with Crippen LogP contribution >= 0.6 is 15.9 Å². The summed E-state index contributed by atoms with van der Waals surface area (Å²) in [5, 5.41) is 0. The van der Waals surface area contributed by atoms with Gasteiger partial charge in [0, 0.05) is 6.42 Å². The Bertz CT molecular complexity index is 440. The van der Waals surface area contributed by atoms with E-state index in [1.807, 2.05) is 0 Å². The summed E-state index contributed by atoms with van der Waals surface area (Å²) in [6, 6.07) is 0. The lowest BCUT2D eigenvalue weighted by Gasteiger charge is -2.55. The van der Waals surface area contributed by atoms with Gasteiger partial charge in [0.1, 0.15) is 0 Å². The van der Waals surface area contributed by atoms with E-state index in [1.54, 1.807) is 15.9 Å². The van der Waals surface area contributed by atoms with Gasteiger partial charge in [-0.1, -0.05) is 0 Å². The maximum absolute atomic E-state index is 13.1. The molecule has 132 valence electrons. The number of hydrogen-bond donors (Lipinski definition) is 0. The first-order valence-corrected chi connectivity index (χ1v) is 9.02. The van der Waals surface area contributed by atoms with E-state index in [0.717, 1.165) is 19.3 Å². The summed E-state index contributed by atoms with van der Waals surface area (Å²) in [5.41, 5.74) is -0.434. The van der Waals surface area contributed by atoms with Crippen molar-refractivity contribution in [2.75, 3.05) is 6.61 Å². The van der Waals surface area contributed by atoms with Gasteiger partial charge in [-0.2, -0.15) is 17.6 Å². The second-order valence-electron chi connectivity index (χ2n) is 7.64. The van der Waals surface area contributed by atoms with E-state index in [9.17, 15) is 22.4 Å². The van der Waals surface area contributed by atoms with Crippen molar-refractivity contribution < 1.29 is 27.1 Å². The van der Waals surface area contributed by atoms with Crippen molar-refractivity contribution in [3.8, 4) is 0 Å². The van der Waals surface area contributed by atoms with Gasteiger partial charge >= 0.3 is 16.7 Å². The summed E-state index contributed by atoms with van der Waals surface area (Å²) in [5.74, 6) is -2.67. The lowest BCUT2D eigenvalue weighted by atomic mass is 9.49. The van der Waals surface area contributed by atoms with Gasteiger partial charge < -0.3 is 4.74 Å². The monoisotopic (exact) mass is 400 g/mol. The van der Waals surface area contributed by atoms with Gasteiger partial charge in [0.15, 0.2) is 0 Å². The Labute approximate surface area is 141 Å². The SMILES string of the molecule is O=C(OCCCC(F)(F)C(F)(F)Br)C12CC3CC(CC(C3)C1)C2. The minimum Gasteiger partial charge on any atom is -0.465 e. The van der Waals surface area contributed by atoms with Crippen LogP contribution in [0.15, 0.2) is 0 Å². The Morgan fingerprint density at radius 2 is 1.52 bits per heavy atom. The number of carbonyl (C=O) groups is 1. The number of rotatable bonds is 6. The fraction of sp³-hybridized carbons (Fsp3) is 0.938. The molecule has 0 unspecified atom stereocenters. The maximum Gasteiger partial charge on any atom is 0.363 e. The van der Waals surface area contributed by atoms with E-state index in [4.69, 9.17) is 4.74 Å². The van der Waals surface area contributed by atoms with Gasteiger partial charge in [0.25, 0.3) is 0 Å². The van der Waals surface area contributed by atoms with E-state index in [1.165, 1.54) is 19.3 Å². The van der Waals surface area contributed by atoms with Crippen LogP contribution in [0, 0.1) is 23.2 Å². The van der Waals surface area contributed by atoms with Crippen molar-refractivity contribution in [1.82, 2.24) is 0 Å². The Kier molecular flexibility index (Phi) is 4.47. The molecule has 4 fully saturated rings. The predicted octanol–water partition coefficient (Wildman–Crippen LogP) is 5.15. The molecule has 0 radical (unpaired) electrons. The predicted molar refractivity (Wildman–Crippen MR) is 79.6 cm³/mol.